The van der Waals surface area contributed by atoms with Gasteiger partial charge in [-0.15, -0.1) is 0 Å². The molecule has 3 aromatic rings. The molecule has 0 spiro atoms. The molecule has 0 radical (unpaired) electrons. The fourth-order valence-corrected chi connectivity index (χ4v) is 2.77. The lowest BCUT2D eigenvalue weighted by molar-refractivity contribution is 0.756. The molecule has 20 heavy (non-hydrogen) atoms. The molecule has 0 saturated heterocycles. The van der Waals surface area contributed by atoms with Crippen LogP contribution in [0.2, 0.25) is 0 Å². The lowest BCUT2D eigenvalue weighted by Crippen LogP contribution is -2.25. The van der Waals surface area contributed by atoms with Gasteiger partial charge in [-0.25, -0.2) is 4.98 Å². The summed E-state index contributed by atoms with van der Waals surface area (Å²) in [6, 6.07) is 8.25. The molecule has 4 heterocycles. The van der Waals surface area contributed by atoms with Crippen LogP contribution in [-0.2, 0) is 6.42 Å². The van der Waals surface area contributed by atoms with Crippen molar-refractivity contribution in [1.82, 2.24) is 15.0 Å². The minimum absolute atomic E-state index is 0.936. The van der Waals surface area contributed by atoms with E-state index in [1.807, 2.05) is 24.7 Å². The van der Waals surface area contributed by atoms with Gasteiger partial charge in [0.1, 0.15) is 5.82 Å². The molecular formula is C16H14N4. The lowest BCUT2D eigenvalue weighted by Gasteiger charge is -2.30. The normalized spacial score (nSPS) is 14.3. The van der Waals surface area contributed by atoms with Crippen LogP contribution in [0.1, 0.15) is 12.0 Å². The highest BCUT2D eigenvalue weighted by Gasteiger charge is 2.19. The van der Waals surface area contributed by atoms with Gasteiger partial charge in [-0.2, -0.15) is 0 Å². The second-order valence-electron chi connectivity index (χ2n) is 5.00. The van der Waals surface area contributed by atoms with Crippen molar-refractivity contribution in [3.8, 4) is 0 Å². The monoisotopic (exact) mass is 262 g/mol. The molecule has 0 unspecified atom stereocenters. The summed E-state index contributed by atoms with van der Waals surface area (Å²) < 4.78 is 0. The number of rotatable bonds is 1. The molecule has 0 bridgehead atoms. The zero-order valence-electron chi connectivity index (χ0n) is 11.0. The molecule has 0 aliphatic carbocycles. The van der Waals surface area contributed by atoms with E-state index >= 15 is 0 Å². The maximum absolute atomic E-state index is 4.74. The summed E-state index contributed by atoms with van der Waals surface area (Å²) in [5.74, 6) is 0.984. The van der Waals surface area contributed by atoms with E-state index in [1.54, 1.807) is 6.20 Å². The van der Waals surface area contributed by atoms with Crippen LogP contribution in [0.15, 0.2) is 49.1 Å². The van der Waals surface area contributed by atoms with E-state index < -0.39 is 0 Å². The molecule has 0 fully saturated rings. The van der Waals surface area contributed by atoms with Gasteiger partial charge in [0.05, 0.1) is 11.7 Å². The Balaban J connectivity index is 1.84. The smallest absolute Gasteiger partial charge is 0.133 e. The minimum Gasteiger partial charge on any atom is -0.326 e. The highest BCUT2D eigenvalue weighted by atomic mass is 15.2. The van der Waals surface area contributed by atoms with Crippen LogP contribution < -0.4 is 4.90 Å². The molecular weight excluding hydrogens is 248 g/mol. The van der Waals surface area contributed by atoms with Crippen molar-refractivity contribution >= 4 is 22.4 Å². The quantitative estimate of drug-likeness (QED) is 0.675. The average molecular weight is 262 g/mol. The number of hydrogen-bond donors (Lipinski definition) is 0. The van der Waals surface area contributed by atoms with Gasteiger partial charge in [-0.05, 0) is 42.7 Å². The predicted octanol–water partition coefficient (Wildman–Crippen LogP) is 3.11. The SMILES string of the molecule is c1cc2c(cn1)CCCN2c1ccc2ccncc2n1. The van der Waals surface area contributed by atoms with Crippen LogP contribution in [0.5, 0.6) is 0 Å². The molecule has 0 N–H and O–H groups in total. The zero-order chi connectivity index (χ0) is 13.4. The first-order chi connectivity index (χ1) is 9.92. The fraction of sp³-hybridized carbons (Fsp3) is 0.188. The molecule has 0 atom stereocenters. The van der Waals surface area contributed by atoms with Gasteiger partial charge in [-0.1, -0.05) is 0 Å². The highest BCUT2D eigenvalue weighted by molar-refractivity contribution is 5.80. The van der Waals surface area contributed by atoms with Gasteiger partial charge in [0, 0.05) is 36.2 Å². The Hall–Kier alpha value is -2.49. The second-order valence-corrected chi connectivity index (χ2v) is 5.00. The first-order valence-electron chi connectivity index (χ1n) is 6.83. The third kappa shape index (κ3) is 1.81. The van der Waals surface area contributed by atoms with E-state index in [0.29, 0.717) is 0 Å². The number of nitrogens with zero attached hydrogens (tertiary/aromatic N) is 4. The van der Waals surface area contributed by atoms with Crippen molar-refractivity contribution in [1.29, 1.82) is 0 Å². The lowest BCUT2D eigenvalue weighted by atomic mass is 10.0. The topological polar surface area (TPSA) is 41.9 Å². The maximum atomic E-state index is 4.74. The summed E-state index contributed by atoms with van der Waals surface area (Å²) >= 11 is 0. The van der Waals surface area contributed by atoms with E-state index in [-0.39, 0.29) is 0 Å². The molecule has 3 aromatic heterocycles. The summed E-state index contributed by atoms with van der Waals surface area (Å²) in [7, 11) is 0. The van der Waals surface area contributed by atoms with Crippen LogP contribution in [-0.4, -0.2) is 21.5 Å². The van der Waals surface area contributed by atoms with Crippen molar-refractivity contribution in [2.24, 2.45) is 0 Å². The molecule has 0 aromatic carbocycles. The fourth-order valence-electron chi connectivity index (χ4n) is 2.77. The summed E-state index contributed by atoms with van der Waals surface area (Å²) in [6.45, 7) is 0.996. The number of anilines is 2. The number of fused-ring (bicyclic) bond motifs is 2. The van der Waals surface area contributed by atoms with Crippen LogP contribution in [0.4, 0.5) is 11.5 Å². The number of aromatic nitrogens is 3. The van der Waals surface area contributed by atoms with Gasteiger partial charge in [0.25, 0.3) is 0 Å². The van der Waals surface area contributed by atoms with E-state index in [2.05, 4.69) is 33.1 Å². The van der Waals surface area contributed by atoms with Crippen LogP contribution in [0.3, 0.4) is 0 Å². The Morgan fingerprint density at radius 2 is 1.85 bits per heavy atom. The van der Waals surface area contributed by atoms with Crippen molar-refractivity contribution in [2.45, 2.75) is 12.8 Å². The Bertz CT molecular complexity index is 769. The maximum Gasteiger partial charge on any atom is 0.133 e. The van der Waals surface area contributed by atoms with Crippen LogP contribution >= 0.6 is 0 Å². The van der Waals surface area contributed by atoms with Crippen molar-refractivity contribution in [2.75, 3.05) is 11.4 Å². The third-order valence-corrected chi connectivity index (χ3v) is 3.75. The first-order valence-corrected chi connectivity index (χ1v) is 6.83. The van der Waals surface area contributed by atoms with Gasteiger partial charge in [0.2, 0.25) is 0 Å². The summed E-state index contributed by atoms with van der Waals surface area (Å²) in [5, 5.41) is 1.12. The molecule has 0 saturated carbocycles. The van der Waals surface area contributed by atoms with Gasteiger partial charge < -0.3 is 4.90 Å². The summed E-state index contributed by atoms with van der Waals surface area (Å²) in [5.41, 5.74) is 3.46. The highest BCUT2D eigenvalue weighted by Crippen LogP contribution is 2.32. The van der Waals surface area contributed by atoms with Gasteiger partial charge in [-0.3, -0.25) is 9.97 Å². The molecule has 4 nitrogen and oxygen atoms in total. The van der Waals surface area contributed by atoms with Crippen LogP contribution in [0.25, 0.3) is 10.9 Å². The molecule has 98 valence electrons. The van der Waals surface area contributed by atoms with Crippen molar-refractivity contribution in [3.05, 3.63) is 54.6 Å². The molecule has 4 heteroatoms. The third-order valence-electron chi connectivity index (χ3n) is 3.75. The number of pyridine rings is 3. The van der Waals surface area contributed by atoms with E-state index in [9.17, 15) is 0 Å². The largest absolute Gasteiger partial charge is 0.326 e. The van der Waals surface area contributed by atoms with Crippen molar-refractivity contribution < 1.29 is 0 Å². The predicted molar refractivity (Wildman–Crippen MR) is 79.1 cm³/mol. The molecule has 0 amide bonds. The van der Waals surface area contributed by atoms with E-state index in [1.165, 1.54) is 11.3 Å². The zero-order valence-corrected chi connectivity index (χ0v) is 11.0. The molecule has 1 aliphatic rings. The Kier molecular flexibility index (Phi) is 2.59. The first kappa shape index (κ1) is 11.3. The van der Waals surface area contributed by atoms with Crippen molar-refractivity contribution in [3.63, 3.8) is 0 Å². The van der Waals surface area contributed by atoms with Gasteiger partial charge >= 0.3 is 0 Å². The molecule has 4 rings (SSSR count). The molecule has 1 aliphatic heterocycles. The summed E-state index contributed by atoms with van der Waals surface area (Å²) in [6.07, 6.45) is 9.64. The Morgan fingerprint density at radius 1 is 0.950 bits per heavy atom. The number of hydrogen-bond acceptors (Lipinski definition) is 4. The standard InChI is InChI=1S/C16H14N4/c1-2-13-10-17-8-6-15(13)20(9-1)16-4-3-12-5-7-18-11-14(12)19-16/h3-8,10-11H,1-2,9H2. The summed E-state index contributed by atoms with van der Waals surface area (Å²) in [4.78, 5) is 15.4. The minimum atomic E-state index is 0.936. The Labute approximate surface area is 117 Å². The number of aryl methyl sites for hydroxylation is 1. The Morgan fingerprint density at radius 3 is 2.85 bits per heavy atom. The van der Waals surface area contributed by atoms with E-state index in [4.69, 9.17) is 4.98 Å². The van der Waals surface area contributed by atoms with E-state index in [0.717, 1.165) is 36.1 Å². The average Bonchev–Trinajstić information content (AvgIpc) is 2.54. The second kappa shape index (κ2) is 4.56. The van der Waals surface area contributed by atoms with Gasteiger partial charge in [0.15, 0.2) is 0 Å². The van der Waals surface area contributed by atoms with Crippen LogP contribution in [0, 0.1) is 0 Å².